The van der Waals surface area contributed by atoms with Crippen molar-refractivity contribution in [3.8, 4) is 0 Å². The van der Waals surface area contributed by atoms with Gasteiger partial charge < -0.3 is 10.6 Å². The van der Waals surface area contributed by atoms with E-state index in [1.807, 2.05) is 6.07 Å². The van der Waals surface area contributed by atoms with Crippen LogP contribution in [0.5, 0.6) is 0 Å². The van der Waals surface area contributed by atoms with E-state index in [9.17, 15) is 0 Å². The predicted molar refractivity (Wildman–Crippen MR) is 82.3 cm³/mol. The molecule has 18 heavy (non-hydrogen) atoms. The van der Waals surface area contributed by atoms with Gasteiger partial charge in [0.2, 0.25) is 0 Å². The zero-order valence-electron chi connectivity index (χ0n) is 11.5. The van der Waals surface area contributed by atoms with Gasteiger partial charge in [0.25, 0.3) is 0 Å². The first-order valence-electron chi connectivity index (χ1n) is 6.54. The molecule has 3 heteroatoms. The smallest absolute Gasteiger partial charge is 0.104 e. The molecule has 1 aliphatic heterocycles. The molecule has 2 N–H and O–H groups in total. The minimum absolute atomic E-state index is 0.485. The highest BCUT2D eigenvalue weighted by molar-refractivity contribution is 7.80. The molecule has 1 saturated heterocycles. The van der Waals surface area contributed by atoms with Crippen LogP contribution in [0.4, 0.5) is 5.69 Å². The van der Waals surface area contributed by atoms with Crippen molar-refractivity contribution in [2.75, 3.05) is 18.0 Å². The lowest BCUT2D eigenvalue weighted by atomic mass is 9.82. The highest BCUT2D eigenvalue weighted by Gasteiger charge is 2.25. The Balaban J connectivity index is 2.16. The Morgan fingerprint density at radius 3 is 2.39 bits per heavy atom. The van der Waals surface area contributed by atoms with Crippen molar-refractivity contribution in [3.63, 3.8) is 0 Å². The molecule has 0 bridgehead atoms. The van der Waals surface area contributed by atoms with E-state index < -0.39 is 0 Å². The van der Waals surface area contributed by atoms with Gasteiger partial charge in [-0.25, -0.2) is 0 Å². The number of thiocarbonyl (C=S) groups is 1. The Morgan fingerprint density at radius 2 is 1.89 bits per heavy atom. The van der Waals surface area contributed by atoms with Gasteiger partial charge in [-0.3, -0.25) is 0 Å². The average molecular weight is 262 g/mol. The molecule has 0 aromatic heterocycles. The van der Waals surface area contributed by atoms with Crippen molar-refractivity contribution >= 4 is 22.9 Å². The van der Waals surface area contributed by atoms with E-state index in [2.05, 4.69) is 37.8 Å². The Hall–Kier alpha value is -1.09. The van der Waals surface area contributed by atoms with Crippen molar-refractivity contribution in [2.24, 2.45) is 11.1 Å². The minimum atomic E-state index is 0.485. The highest BCUT2D eigenvalue weighted by atomic mass is 32.1. The third-order valence-corrected chi connectivity index (χ3v) is 4.18. The van der Waals surface area contributed by atoms with Crippen LogP contribution in [0.15, 0.2) is 18.2 Å². The quantitative estimate of drug-likeness (QED) is 0.830. The van der Waals surface area contributed by atoms with Gasteiger partial charge in [-0.2, -0.15) is 0 Å². The van der Waals surface area contributed by atoms with Crippen LogP contribution in [0.1, 0.15) is 37.8 Å². The summed E-state index contributed by atoms with van der Waals surface area (Å²) in [6.45, 7) is 9.06. The van der Waals surface area contributed by atoms with Gasteiger partial charge in [0, 0.05) is 24.3 Å². The molecule has 1 aliphatic rings. The van der Waals surface area contributed by atoms with E-state index in [1.165, 1.54) is 24.1 Å². The summed E-state index contributed by atoms with van der Waals surface area (Å²) in [7, 11) is 0. The van der Waals surface area contributed by atoms with Crippen LogP contribution in [0, 0.1) is 12.3 Å². The largest absolute Gasteiger partial charge is 0.389 e. The van der Waals surface area contributed by atoms with Crippen molar-refractivity contribution in [1.29, 1.82) is 0 Å². The lowest BCUT2D eigenvalue weighted by molar-refractivity contribution is 0.280. The molecule has 2 nitrogen and oxygen atoms in total. The zero-order valence-corrected chi connectivity index (χ0v) is 12.3. The third-order valence-electron chi connectivity index (χ3n) is 3.96. The molecule has 0 unspecified atom stereocenters. The molecule has 98 valence electrons. The average Bonchev–Trinajstić information content (AvgIpc) is 2.28. The fourth-order valence-corrected chi connectivity index (χ4v) is 2.72. The number of hydrogen-bond donors (Lipinski definition) is 1. The molecule has 0 amide bonds. The summed E-state index contributed by atoms with van der Waals surface area (Å²) in [5, 5.41) is 0. The Labute approximate surface area is 115 Å². The fourth-order valence-electron chi connectivity index (χ4n) is 2.49. The second kappa shape index (κ2) is 4.88. The molecular formula is C15H22N2S. The third kappa shape index (κ3) is 2.83. The maximum atomic E-state index is 5.70. The summed E-state index contributed by atoms with van der Waals surface area (Å²) >= 11 is 5.04. The molecule has 2 rings (SSSR count). The van der Waals surface area contributed by atoms with E-state index in [1.54, 1.807) is 0 Å². The number of nitrogens with zero attached hydrogens (tertiary/aromatic N) is 1. The lowest BCUT2D eigenvalue weighted by Gasteiger charge is -2.38. The topological polar surface area (TPSA) is 29.3 Å². The van der Waals surface area contributed by atoms with Gasteiger partial charge >= 0.3 is 0 Å². The molecule has 0 atom stereocenters. The molecule has 1 fully saturated rings. The van der Waals surface area contributed by atoms with Gasteiger partial charge in [-0.05, 0) is 48.9 Å². The van der Waals surface area contributed by atoms with E-state index >= 15 is 0 Å². The number of rotatable bonds is 2. The second-order valence-corrected chi connectivity index (χ2v) is 6.45. The van der Waals surface area contributed by atoms with Gasteiger partial charge in [-0.15, -0.1) is 0 Å². The molecule has 0 spiro atoms. The number of nitrogens with two attached hydrogens (primary N) is 1. The summed E-state index contributed by atoms with van der Waals surface area (Å²) in [4.78, 5) is 2.94. The molecule has 0 radical (unpaired) electrons. The van der Waals surface area contributed by atoms with Gasteiger partial charge in [-0.1, -0.05) is 26.1 Å². The standard InChI is InChI=1S/C15H22N2S/c1-11-10-12(4-5-13(11)14(16)18)17-8-6-15(2,3)7-9-17/h4-5,10H,6-9H2,1-3H3,(H2,16,18). The van der Waals surface area contributed by atoms with Crippen LogP contribution >= 0.6 is 12.2 Å². The minimum Gasteiger partial charge on any atom is -0.389 e. The predicted octanol–water partition coefficient (Wildman–Crippen LogP) is 3.26. The van der Waals surface area contributed by atoms with Crippen LogP contribution < -0.4 is 10.6 Å². The Bertz CT molecular complexity index is 456. The van der Waals surface area contributed by atoms with Crippen LogP contribution in [0.3, 0.4) is 0 Å². The van der Waals surface area contributed by atoms with Crippen molar-refractivity contribution in [2.45, 2.75) is 33.6 Å². The summed E-state index contributed by atoms with van der Waals surface area (Å²) < 4.78 is 0. The van der Waals surface area contributed by atoms with Crippen molar-refractivity contribution in [1.82, 2.24) is 0 Å². The van der Waals surface area contributed by atoms with E-state index in [4.69, 9.17) is 18.0 Å². The number of anilines is 1. The highest BCUT2D eigenvalue weighted by Crippen LogP contribution is 2.32. The van der Waals surface area contributed by atoms with Gasteiger partial charge in [0.1, 0.15) is 4.99 Å². The van der Waals surface area contributed by atoms with E-state index in [-0.39, 0.29) is 0 Å². The van der Waals surface area contributed by atoms with Crippen molar-refractivity contribution in [3.05, 3.63) is 29.3 Å². The molecule has 0 saturated carbocycles. The molecular weight excluding hydrogens is 240 g/mol. The monoisotopic (exact) mass is 262 g/mol. The maximum Gasteiger partial charge on any atom is 0.104 e. The molecule has 0 aliphatic carbocycles. The summed E-state index contributed by atoms with van der Waals surface area (Å²) in [5.41, 5.74) is 9.64. The second-order valence-electron chi connectivity index (χ2n) is 6.01. The summed E-state index contributed by atoms with van der Waals surface area (Å²) in [6, 6.07) is 6.39. The molecule has 1 aromatic rings. The number of piperidine rings is 1. The summed E-state index contributed by atoms with van der Waals surface area (Å²) in [6.07, 6.45) is 2.51. The molecule has 1 aromatic carbocycles. The van der Waals surface area contributed by atoms with Crippen LogP contribution in [-0.4, -0.2) is 18.1 Å². The van der Waals surface area contributed by atoms with Crippen LogP contribution in [-0.2, 0) is 0 Å². The van der Waals surface area contributed by atoms with Gasteiger partial charge in [0.15, 0.2) is 0 Å². The first-order valence-corrected chi connectivity index (χ1v) is 6.95. The number of benzene rings is 1. The Kier molecular flexibility index (Phi) is 3.62. The number of hydrogen-bond acceptors (Lipinski definition) is 2. The van der Waals surface area contributed by atoms with Crippen LogP contribution in [0.25, 0.3) is 0 Å². The summed E-state index contributed by atoms with van der Waals surface area (Å²) in [5.74, 6) is 0. The van der Waals surface area contributed by atoms with E-state index in [0.29, 0.717) is 10.4 Å². The zero-order chi connectivity index (χ0) is 13.3. The lowest BCUT2D eigenvalue weighted by Crippen LogP contribution is -2.37. The fraction of sp³-hybridized carbons (Fsp3) is 0.533. The first-order chi connectivity index (χ1) is 8.39. The first kappa shape index (κ1) is 13.3. The van der Waals surface area contributed by atoms with E-state index in [0.717, 1.165) is 18.7 Å². The van der Waals surface area contributed by atoms with Crippen LogP contribution in [0.2, 0.25) is 0 Å². The number of aryl methyl sites for hydroxylation is 1. The molecule has 1 heterocycles. The SMILES string of the molecule is Cc1cc(N2CCC(C)(C)CC2)ccc1C(N)=S. The normalized spacial score (nSPS) is 18.7. The van der Waals surface area contributed by atoms with Gasteiger partial charge in [0.05, 0.1) is 0 Å². The van der Waals surface area contributed by atoms with Crippen molar-refractivity contribution < 1.29 is 0 Å². The maximum absolute atomic E-state index is 5.70. The Morgan fingerprint density at radius 1 is 1.28 bits per heavy atom.